The lowest BCUT2D eigenvalue weighted by molar-refractivity contribution is 0.122. The molecule has 144 valence electrons. The molecule has 0 spiro atoms. The van der Waals surface area contributed by atoms with Crippen LogP contribution in [-0.2, 0) is 4.74 Å². The summed E-state index contributed by atoms with van der Waals surface area (Å²) in [5.41, 5.74) is 0. The number of halogens is 1. The van der Waals surface area contributed by atoms with Crippen molar-refractivity contribution in [3.63, 3.8) is 0 Å². The van der Waals surface area contributed by atoms with Gasteiger partial charge in [0.1, 0.15) is 12.1 Å². The van der Waals surface area contributed by atoms with Gasteiger partial charge in [-0.05, 0) is 18.9 Å². The Labute approximate surface area is 158 Å². The molecule has 0 radical (unpaired) electrons. The number of ether oxygens (including phenoxy) is 1. The van der Waals surface area contributed by atoms with Gasteiger partial charge in [-0.2, -0.15) is 4.98 Å². The van der Waals surface area contributed by atoms with E-state index >= 15 is 0 Å². The van der Waals surface area contributed by atoms with E-state index in [1.54, 1.807) is 6.20 Å². The van der Waals surface area contributed by atoms with Gasteiger partial charge in [-0.3, -0.25) is 0 Å². The molecule has 27 heavy (non-hydrogen) atoms. The monoisotopic (exact) mass is 373 g/mol. The second kappa shape index (κ2) is 7.99. The molecule has 2 fully saturated rings. The first-order valence-electron chi connectivity index (χ1n) is 9.31. The number of nitrogens with zero attached hydrogens (tertiary/aromatic N) is 7. The molecule has 2 aromatic heterocycles. The lowest BCUT2D eigenvalue weighted by Gasteiger charge is -2.38. The third-order valence-electron chi connectivity index (χ3n) is 5.17. The molecule has 2 aromatic rings. The number of aromatic nitrogens is 4. The van der Waals surface area contributed by atoms with Crippen molar-refractivity contribution in [1.82, 2.24) is 19.9 Å². The first-order chi connectivity index (χ1) is 13.2. The van der Waals surface area contributed by atoms with Gasteiger partial charge in [-0.25, -0.2) is 19.3 Å². The van der Waals surface area contributed by atoms with Crippen molar-refractivity contribution in [2.24, 2.45) is 0 Å². The van der Waals surface area contributed by atoms with Gasteiger partial charge in [0.25, 0.3) is 0 Å². The van der Waals surface area contributed by atoms with Crippen molar-refractivity contribution < 1.29 is 9.13 Å². The highest BCUT2D eigenvalue weighted by Gasteiger charge is 2.27. The van der Waals surface area contributed by atoms with Gasteiger partial charge in [0, 0.05) is 45.5 Å². The van der Waals surface area contributed by atoms with Gasteiger partial charge < -0.3 is 19.4 Å². The van der Waals surface area contributed by atoms with E-state index in [0.717, 1.165) is 51.5 Å². The average molecular weight is 373 g/mol. The number of morpholine rings is 1. The molecular formula is C18H24FN7O. The summed E-state index contributed by atoms with van der Waals surface area (Å²) in [6.07, 6.45) is 6.37. The number of hydrogen-bond donors (Lipinski definition) is 0. The SMILES string of the molecule is CN(c1nccc(N2CCOCC2)n1)C1CCCN(c2ncncc2F)C1. The zero-order valence-corrected chi connectivity index (χ0v) is 15.5. The molecule has 4 heterocycles. The zero-order chi connectivity index (χ0) is 18.6. The van der Waals surface area contributed by atoms with E-state index in [-0.39, 0.29) is 11.9 Å². The van der Waals surface area contributed by atoms with E-state index in [0.29, 0.717) is 18.3 Å². The fourth-order valence-corrected chi connectivity index (χ4v) is 3.64. The Bertz CT molecular complexity index is 771. The van der Waals surface area contributed by atoms with Crippen LogP contribution in [0.2, 0.25) is 0 Å². The van der Waals surface area contributed by atoms with Gasteiger partial charge in [0.15, 0.2) is 11.6 Å². The summed E-state index contributed by atoms with van der Waals surface area (Å²) < 4.78 is 19.5. The molecule has 2 aliphatic heterocycles. The van der Waals surface area contributed by atoms with Crippen molar-refractivity contribution in [3.05, 3.63) is 30.6 Å². The van der Waals surface area contributed by atoms with Crippen LogP contribution in [0.4, 0.5) is 22.0 Å². The fourth-order valence-electron chi connectivity index (χ4n) is 3.64. The number of hydrogen-bond acceptors (Lipinski definition) is 8. The number of likely N-dealkylation sites (N-methyl/N-ethyl adjacent to an activating group) is 1. The van der Waals surface area contributed by atoms with Crippen LogP contribution in [-0.4, -0.2) is 72.4 Å². The Kier molecular flexibility index (Phi) is 5.28. The summed E-state index contributed by atoms with van der Waals surface area (Å²) in [6, 6.07) is 2.12. The lowest BCUT2D eigenvalue weighted by atomic mass is 10.0. The molecule has 9 heteroatoms. The van der Waals surface area contributed by atoms with Crippen molar-refractivity contribution in [2.45, 2.75) is 18.9 Å². The molecule has 0 aromatic carbocycles. The fraction of sp³-hybridized carbons (Fsp3) is 0.556. The van der Waals surface area contributed by atoms with Gasteiger partial charge in [0.05, 0.1) is 19.4 Å². The minimum atomic E-state index is -0.383. The third-order valence-corrected chi connectivity index (χ3v) is 5.17. The molecule has 1 atom stereocenters. The molecule has 4 rings (SSSR count). The van der Waals surface area contributed by atoms with Crippen molar-refractivity contribution in [1.29, 1.82) is 0 Å². The van der Waals surface area contributed by atoms with Crippen LogP contribution in [0.3, 0.4) is 0 Å². The molecule has 0 saturated carbocycles. The van der Waals surface area contributed by atoms with Crippen LogP contribution < -0.4 is 14.7 Å². The average Bonchev–Trinajstić information content (AvgIpc) is 2.74. The third kappa shape index (κ3) is 3.92. The topological polar surface area (TPSA) is 70.5 Å². The standard InChI is InChI=1S/C18H24FN7O/c1-24(18-21-5-4-16(23-18)25-7-9-27-10-8-25)14-3-2-6-26(12-14)17-15(19)11-20-13-22-17/h4-5,11,13-14H,2-3,6-10,12H2,1H3. The van der Waals surface area contributed by atoms with Crippen molar-refractivity contribution >= 4 is 17.6 Å². The van der Waals surface area contributed by atoms with E-state index in [4.69, 9.17) is 9.72 Å². The summed E-state index contributed by atoms with van der Waals surface area (Å²) in [6.45, 7) is 4.58. The Morgan fingerprint density at radius 2 is 2.04 bits per heavy atom. The largest absolute Gasteiger partial charge is 0.378 e. The molecule has 0 N–H and O–H groups in total. The quantitative estimate of drug-likeness (QED) is 0.795. The predicted molar refractivity (Wildman–Crippen MR) is 101 cm³/mol. The highest BCUT2D eigenvalue weighted by atomic mass is 19.1. The minimum absolute atomic E-state index is 0.188. The molecule has 0 amide bonds. The van der Waals surface area contributed by atoms with Crippen LogP contribution in [0.25, 0.3) is 0 Å². The van der Waals surface area contributed by atoms with E-state index in [1.807, 2.05) is 18.0 Å². The van der Waals surface area contributed by atoms with E-state index in [1.165, 1.54) is 12.5 Å². The molecule has 2 saturated heterocycles. The van der Waals surface area contributed by atoms with Crippen LogP contribution in [0.15, 0.2) is 24.8 Å². The number of piperidine rings is 1. The first-order valence-corrected chi connectivity index (χ1v) is 9.31. The van der Waals surface area contributed by atoms with Crippen molar-refractivity contribution in [2.75, 3.05) is 61.1 Å². The second-order valence-corrected chi connectivity index (χ2v) is 6.86. The van der Waals surface area contributed by atoms with Gasteiger partial charge in [0.2, 0.25) is 5.95 Å². The summed E-state index contributed by atoms with van der Waals surface area (Å²) in [4.78, 5) is 23.4. The molecule has 0 bridgehead atoms. The second-order valence-electron chi connectivity index (χ2n) is 6.86. The van der Waals surface area contributed by atoms with Gasteiger partial charge in [-0.1, -0.05) is 0 Å². The first kappa shape index (κ1) is 17.8. The zero-order valence-electron chi connectivity index (χ0n) is 15.5. The van der Waals surface area contributed by atoms with Gasteiger partial charge in [-0.15, -0.1) is 0 Å². The summed E-state index contributed by atoms with van der Waals surface area (Å²) in [5, 5.41) is 0. The maximum atomic E-state index is 14.1. The van der Waals surface area contributed by atoms with Crippen LogP contribution in [0.1, 0.15) is 12.8 Å². The van der Waals surface area contributed by atoms with E-state index in [9.17, 15) is 4.39 Å². The summed E-state index contributed by atoms with van der Waals surface area (Å²) in [7, 11) is 2.00. The summed E-state index contributed by atoms with van der Waals surface area (Å²) >= 11 is 0. The maximum absolute atomic E-state index is 14.1. The van der Waals surface area contributed by atoms with Gasteiger partial charge >= 0.3 is 0 Å². The Morgan fingerprint density at radius 3 is 2.85 bits per heavy atom. The molecular weight excluding hydrogens is 349 g/mol. The Balaban J connectivity index is 1.49. The van der Waals surface area contributed by atoms with Crippen LogP contribution >= 0.6 is 0 Å². The van der Waals surface area contributed by atoms with E-state index < -0.39 is 0 Å². The molecule has 1 unspecified atom stereocenters. The normalized spacial score (nSPS) is 20.6. The number of anilines is 3. The Hall–Kier alpha value is -2.55. The molecule has 8 nitrogen and oxygen atoms in total. The minimum Gasteiger partial charge on any atom is -0.378 e. The molecule has 0 aliphatic carbocycles. The summed E-state index contributed by atoms with van der Waals surface area (Å²) in [5.74, 6) is 1.59. The lowest BCUT2D eigenvalue weighted by Crippen LogP contribution is -2.48. The smallest absolute Gasteiger partial charge is 0.227 e. The Morgan fingerprint density at radius 1 is 1.19 bits per heavy atom. The van der Waals surface area contributed by atoms with Crippen LogP contribution in [0.5, 0.6) is 0 Å². The highest BCUT2D eigenvalue weighted by molar-refractivity contribution is 5.45. The van der Waals surface area contributed by atoms with Crippen LogP contribution in [0, 0.1) is 5.82 Å². The van der Waals surface area contributed by atoms with E-state index in [2.05, 4.69) is 24.8 Å². The molecule has 2 aliphatic rings. The van der Waals surface area contributed by atoms with Crippen molar-refractivity contribution in [3.8, 4) is 0 Å². The number of rotatable bonds is 4. The maximum Gasteiger partial charge on any atom is 0.227 e. The predicted octanol–water partition coefficient (Wildman–Crippen LogP) is 1.35. The highest BCUT2D eigenvalue weighted by Crippen LogP contribution is 2.24.